The summed E-state index contributed by atoms with van der Waals surface area (Å²) >= 11 is 1.80. The van der Waals surface area contributed by atoms with Crippen molar-refractivity contribution in [3.63, 3.8) is 0 Å². The minimum atomic E-state index is -1.40. The predicted molar refractivity (Wildman–Crippen MR) is 312 cm³/mol. The normalized spacial score (nSPS) is 16.9. The molecular formula is C62H79N9O9S. The summed E-state index contributed by atoms with van der Waals surface area (Å²) in [7, 11) is 0. The van der Waals surface area contributed by atoms with Crippen molar-refractivity contribution in [2.24, 2.45) is 0 Å². The van der Waals surface area contributed by atoms with E-state index in [-0.39, 0.29) is 79.1 Å². The summed E-state index contributed by atoms with van der Waals surface area (Å²) in [6.07, 6.45) is 12.0. The second kappa shape index (κ2) is 31.4. The smallest absolute Gasteiger partial charge is 0.326 e. The van der Waals surface area contributed by atoms with Crippen LogP contribution in [0.15, 0.2) is 122 Å². The molecule has 81 heavy (non-hydrogen) atoms. The van der Waals surface area contributed by atoms with Crippen molar-refractivity contribution in [3.05, 3.63) is 155 Å². The minimum Gasteiger partial charge on any atom is -0.508 e. The number of phenolic OH excluding ortho intramolecular Hbond substituents is 1. The van der Waals surface area contributed by atoms with Crippen molar-refractivity contribution >= 4 is 53.3 Å². The zero-order valence-electron chi connectivity index (χ0n) is 46.4. The first-order valence-corrected chi connectivity index (χ1v) is 29.6. The highest BCUT2D eigenvalue weighted by Gasteiger charge is 2.42. The number of rotatable bonds is 33. The molecule has 432 valence electrons. The molecule has 0 saturated carbocycles. The molecule has 0 aliphatic carbocycles. The number of aromatic hydroxyl groups is 1. The van der Waals surface area contributed by atoms with E-state index in [1.807, 2.05) is 103 Å². The number of aromatic nitrogens is 2. The van der Waals surface area contributed by atoms with Gasteiger partial charge in [0.05, 0.1) is 30.1 Å². The van der Waals surface area contributed by atoms with Gasteiger partial charge in [-0.25, -0.2) is 14.6 Å². The molecule has 2 aliphatic rings. The number of amides is 7. The highest BCUT2D eigenvalue weighted by atomic mass is 32.2. The lowest BCUT2D eigenvalue weighted by Gasteiger charge is -2.26. The number of imidazole rings is 1. The zero-order valence-corrected chi connectivity index (χ0v) is 47.3. The molecule has 0 spiro atoms. The molecule has 9 N–H and O–H groups in total. The Morgan fingerprint density at radius 3 is 1.90 bits per heavy atom. The van der Waals surface area contributed by atoms with Gasteiger partial charge in [-0.15, -0.1) is 0 Å². The number of thioether (sulfide) groups is 1. The standard InChI is InChI=1S/C62H79N9O9S/c1-3-4-5-6-13-24-54(73)63-34-17-16-22-48(58(75)67-49(35-42-28-26-41(2)27-29-42)59(76)68-51(61(78)79)36-43-30-32-47(72)33-31-43)66-60(77)50(65-55(74)25-15-14-23-53-56-52(39-81-53)69-62(80)70-56)37-46-38-71(40-64-46)57(44-18-9-7-10-19-44)45-20-11-8-12-21-45/h7-12,18-21,26-33,38,40,48-53,56-57,72H,3-6,13-17,22-25,34-37,39H2,1-2H3,(H,63,73)(H,65,74)(H,66,77)(H,67,75)(H,68,76)(H,78,79)(H2,69,70,80)/t48?,49?,50?,51?,52-,53-,56-/m0/s1. The Balaban J connectivity index is 1.11. The van der Waals surface area contributed by atoms with Crippen LogP contribution in [0.4, 0.5) is 4.79 Å². The molecule has 2 aliphatic heterocycles. The number of aliphatic carboxylic acids is 1. The Labute approximate surface area is 479 Å². The number of hydrogen-bond donors (Lipinski definition) is 9. The average Bonchev–Trinajstić information content (AvgIpc) is 4.24. The van der Waals surface area contributed by atoms with E-state index in [2.05, 4.69) is 44.1 Å². The number of unbranched alkanes of at least 4 members (excludes halogenated alkanes) is 6. The molecule has 19 heteroatoms. The van der Waals surface area contributed by atoms with Gasteiger partial charge in [-0.1, -0.05) is 142 Å². The van der Waals surface area contributed by atoms with Crippen molar-refractivity contribution in [1.29, 1.82) is 0 Å². The maximum Gasteiger partial charge on any atom is 0.326 e. The van der Waals surface area contributed by atoms with Gasteiger partial charge in [0.1, 0.15) is 29.9 Å². The monoisotopic (exact) mass is 1130 g/mol. The number of urea groups is 1. The molecule has 1 aromatic heterocycles. The second-order valence-electron chi connectivity index (χ2n) is 21.3. The maximum atomic E-state index is 14.9. The topological polar surface area (TPSA) is 262 Å². The number of benzene rings is 4. The quantitative estimate of drug-likeness (QED) is 0.0153. The average molecular weight is 1130 g/mol. The third-order valence-corrected chi connectivity index (χ3v) is 16.4. The van der Waals surface area contributed by atoms with Crippen LogP contribution in [-0.4, -0.2) is 115 Å². The molecule has 0 bridgehead atoms. The fourth-order valence-electron chi connectivity index (χ4n) is 10.4. The summed E-state index contributed by atoms with van der Waals surface area (Å²) in [6.45, 7) is 4.39. The van der Waals surface area contributed by atoms with E-state index in [0.717, 1.165) is 67.4 Å². The SMILES string of the molecule is CCCCCCCC(=O)NCCCCC(NC(=O)C(Cc1cn(C(c2ccccc2)c2ccccc2)cn1)NC(=O)CCCC[C@@H]1SC[C@@H]2NC(=O)N[C@@H]21)C(=O)NC(Cc1ccc(C)cc1)C(=O)NC(Cc1ccc(O)cc1)C(=O)O. The molecule has 18 nitrogen and oxygen atoms in total. The molecule has 2 saturated heterocycles. The number of phenols is 1. The Bertz CT molecular complexity index is 2800. The number of nitrogens with zero attached hydrogens (tertiary/aromatic N) is 2. The Hall–Kier alpha value is -7.67. The van der Waals surface area contributed by atoms with E-state index in [1.165, 1.54) is 12.1 Å². The third-order valence-electron chi connectivity index (χ3n) is 14.9. The van der Waals surface area contributed by atoms with Crippen LogP contribution in [0.2, 0.25) is 0 Å². The van der Waals surface area contributed by atoms with E-state index < -0.39 is 47.9 Å². The number of hydrogen-bond acceptors (Lipinski definition) is 10. The highest BCUT2D eigenvalue weighted by molar-refractivity contribution is 8.00. The fourth-order valence-corrected chi connectivity index (χ4v) is 11.9. The van der Waals surface area contributed by atoms with Gasteiger partial charge in [-0.2, -0.15) is 11.8 Å². The van der Waals surface area contributed by atoms with Gasteiger partial charge in [-0.05, 0) is 79.8 Å². The van der Waals surface area contributed by atoms with E-state index in [9.17, 15) is 43.8 Å². The second-order valence-corrected chi connectivity index (χ2v) is 22.6. The van der Waals surface area contributed by atoms with Gasteiger partial charge in [0, 0.05) is 55.8 Å². The number of fused-ring (bicyclic) bond motifs is 1. The molecule has 0 radical (unpaired) electrons. The first-order chi connectivity index (χ1) is 39.2. The van der Waals surface area contributed by atoms with Crippen LogP contribution in [0.5, 0.6) is 5.75 Å². The summed E-state index contributed by atoms with van der Waals surface area (Å²) in [4.78, 5) is 100. The van der Waals surface area contributed by atoms with Crippen molar-refractivity contribution in [3.8, 4) is 5.75 Å². The van der Waals surface area contributed by atoms with Crippen molar-refractivity contribution < 1.29 is 43.8 Å². The molecule has 5 aromatic rings. The zero-order chi connectivity index (χ0) is 57.5. The minimum absolute atomic E-state index is 0.00130. The van der Waals surface area contributed by atoms with Crippen molar-refractivity contribution in [2.45, 2.75) is 164 Å². The summed E-state index contributed by atoms with van der Waals surface area (Å²) in [5.74, 6) is -3.05. The van der Waals surface area contributed by atoms with Crippen LogP contribution in [-0.2, 0) is 48.0 Å². The first-order valence-electron chi connectivity index (χ1n) is 28.6. The lowest BCUT2D eigenvalue weighted by Crippen LogP contribution is -2.58. The van der Waals surface area contributed by atoms with Crippen molar-refractivity contribution in [1.82, 2.24) is 46.8 Å². The van der Waals surface area contributed by atoms with Crippen LogP contribution in [0.3, 0.4) is 0 Å². The molecule has 4 unspecified atom stereocenters. The van der Waals surface area contributed by atoms with Crippen LogP contribution < -0.4 is 37.2 Å². The Morgan fingerprint density at radius 1 is 0.654 bits per heavy atom. The maximum absolute atomic E-state index is 14.9. The molecule has 7 amide bonds. The van der Waals surface area contributed by atoms with E-state index in [4.69, 9.17) is 4.98 Å². The van der Waals surface area contributed by atoms with Gasteiger partial charge >= 0.3 is 12.0 Å². The molecular weight excluding hydrogens is 1050 g/mol. The fraction of sp³-hybridized carbons (Fsp3) is 0.452. The summed E-state index contributed by atoms with van der Waals surface area (Å²) in [5, 5.41) is 40.6. The number of carbonyl (C=O) groups is 7. The van der Waals surface area contributed by atoms with E-state index >= 15 is 0 Å². The van der Waals surface area contributed by atoms with Gasteiger partial charge in [-0.3, -0.25) is 24.0 Å². The molecule has 3 heterocycles. The summed E-state index contributed by atoms with van der Waals surface area (Å²) in [5.41, 5.74) is 4.72. The van der Waals surface area contributed by atoms with Crippen LogP contribution in [0, 0.1) is 6.92 Å². The van der Waals surface area contributed by atoms with Crippen LogP contribution in [0.1, 0.15) is 130 Å². The van der Waals surface area contributed by atoms with E-state index in [1.54, 1.807) is 30.2 Å². The molecule has 7 rings (SSSR count). The third kappa shape index (κ3) is 19.2. The Morgan fingerprint density at radius 2 is 1.23 bits per heavy atom. The summed E-state index contributed by atoms with van der Waals surface area (Å²) in [6, 6.07) is 27.8. The summed E-state index contributed by atoms with van der Waals surface area (Å²) < 4.78 is 1.96. The van der Waals surface area contributed by atoms with Crippen molar-refractivity contribution in [2.75, 3.05) is 12.3 Å². The van der Waals surface area contributed by atoms with Gasteiger partial charge in [0.25, 0.3) is 0 Å². The number of carboxylic acid groups (broad SMARTS) is 1. The molecule has 7 atom stereocenters. The number of carboxylic acids is 1. The number of carbonyl (C=O) groups excluding carboxylic acids is 6. The van der Waals surface area contributed by atoms with Gasteiger partial charge < -0.3 is 52.0 Å². The largest absolute Gasteiger partial charge is 0.508 e. The lowest BCUT2D eigenvalue weighted by atomic mass is 9.98. The number of aryl methyl sites for hydroxylation is 1. The van der Waals surface area contributed by atoms with Gasteiger partial charge in [0.2, 0.25) is 29.5 Å². The Kier molecular flexibility index (Phi) is 23.6. The molecule has 4 aromatic carbocycles. The predicted octanol–water partition coefficient (Wildman–Crippen LogP) is 6.96. The van der Waals surface area contributed by atoms with Crippen LogP contribution in [0.25, 0.3) is 0 Å². The van der Waals surface area contributed by atoms with Crippen LogP contribution >= 0.6 is 11.8 Å². The first kappa shape index (κ1) is 61.0. The molecule has 2 fully saturated rings. The number of nitrogens with one attached hydrogen (secondary N) is 7. The van der Waals surface area contributed by atoms with Gasteiger partial charge in [0.15, 0.2) is 0 Å². The van der Waals surface area contributed by atoms with E-state index in [0.29, 0.717) is 49.0 Å². The lowest BCUT2D eigenvalue weighted by molar-refractivity contribution is -0.142. The highest BCUT2D eigenvalue weighted by Crippen LogP contribution is 2.33.